The molecule has 3 rings (SSSR count). The van der Waals surface area contributed by atoms with E-state index in [4.69, 9.17) is 9.47 Å². The molecule has 1 spiro atoms. The van der Waals surface area contributed by atoms with E-state index < -0.39 is 0 Å². The van der Waals surface area contributed by atoms with E-state index in [0.29, 0.717) is 11.5 Å². The van der Waals surface area contributed by atoms with Crippen LogP contribution in [0.15, 0.2) is 30.3 Å². The lowest BCUT2D eigenvalue weighted by Crippen LogP contribution is -2.47. The summed E-state index contributed by atoms with van der Waals surface area (Å²) in [5.41, 5.74) is 1.74. The van der Waals surface area contributed by atoms with Crippen LogP contribution in [0.5, 0.6) is 0 Å². The average Bonchev–Trinajstić information content (AvgIpc) is 2.36. The van der Waals surface area contributed by atoms with Crippen molar-refractivity contribution < 1.29 is 9.47 Å². The summed E-state index contributed by atoms with van der Waals surface area (Å²) in [4.78, 5) is 0. The molecular formula is C15H20O2. The first-order valence-corrected chi connectivity index (χ1v) is 6.60. The summed E-state index contributed by atoms with van der Waals surface area (Å²) in [6, 6.07) is 10.4. The number of hydrogen-bond donors (Lipinski definition) is 0. The van der Waals surface area contributed by atoms with Crippen molar-refractivity contribution in [1.29, 1.82) is 0 Å². The van der Waals surface area contributed by atoms with Crippen LogP contribution in [0.2, 0.25) is 0 Å². The minimum Gasteiger partial charge on any atom is -0.381 e. The molecule has 2 nitrogen and oxygen atoms in total. The van der Waals surface area contributed by atoms with Crippen LogP contribution in [0, 0.1) is 5.41 Å². The Balaban J connectivity index is 1.44. The van der Waals surface area contributed by atoms with Crippen LogP contribution in [0.25, 0.3) is 0 Å². The second-order valence-corrected chi connectivity index (χ2v) is 5.48. The van der Waals surface area contributed by atoms with Gasteiger partial charge in [0.1, 0.15) is 0 Å². The summed E-state index contributed by atoms with van der Waals surface area (Å²) >= 11 is 0. The molecule has 1 aliphatic heterocycles. The highest BCUT2D eigenvalue weighted by Crippen LogP contribution is 2.48. The number of rotatable bonds is 3. The zero-order chi connectivity index (χ0) is 11.6. The maximum Gasteiger partial charge on any atom is 0.0720 e. The molecule has 0 N–H and O–H groups in total. The molecule has 0 atom stereocenters. The molecule has 1 saturated heterocycles. The molecule has 0 unspecified atom stereocenters. The Labute approximate surface area is 103 Å². The summed E-state index contributed by atoms with van der Waals surface area (Å²) < 4.78 is 11.5. The van der Waals surface area contributed by atoms with Crippen LogP contribution < -0.4 is 0 Å². The third kappa shape index (κ3) is 2.53. The van der Waals surface area contributed by atoms with Crippen LogP contribution in [-0.4, -0.2) is 19.3 Å². The molecule has 1 aliphatic carbocycles. The number of hydrogen-bond acceptors (Lipinski definition) is 2. The van der Waals surface area contributed by atoms with Gasteiger partial charge in [-0.15, -0.1) is 0 Å². The van der Waals surface area contributed by atoms with Crippen molar-refractivity contribution in [3.8, 4) is 0 Å². The van der Waals surface area contributed by atoms with Gasteiger partial charge in [-0.1, -0.05) is 30.3 Å². The topological polar surface area (TPSA) is 18.5 Å². The fourth-order valence-electron chi connectivity index (χ4n) is 3.04. The van der Waals surface area contributed by atoms with E-state index in [2.05, 4.69) is 24.3 Å². The highest BCUT2D eigenvalue weighted by molar-refractivity contribution is 5.13. The molecule has 0 aromatic heterocycles. The van der Waals surface area contributed by atoms with Crippen LogP contribution in [0.3, 0.4) is 0 Å². The number of benzene rings is 1. The molecule has 1 aromatic carbocycles. The van der Waals surface area contributed by atoms with Crippen molar-refractivity contribution in [3.05, 3.63) is 35.9 Å². The Hall–Kier alpha value is -0.860. The van der Waals surface area contributed by atoms with E-state index in [1.807, 2.05) is 6.07 Å². The van der Waals surface area contributed by atoms with Gasteiger partial charge < -0.3 is 9.47 Å². The van der Waals surface area contributed by atoms with Gasteiger partial charge in [-0.05, 0) is 36.7 Å². The number of ether oxygens (including phenoxy) is 2. The predicted octanol–water partition coefficient (Wildman–Crippen LogP) is 3.16. The molecule has 1 aromatic rings. The smallest absolute Gasteiger partial charge is 0.0720 e. The Kier molecular flexibility index (Phi) is 3.17. The largest absolute Gasteiger partial charge is 0.381 e. The highest BCUT2D eigenvalue weighted by atomic mass is 16.5. The molecule has 17 heavy (non-hydrogen) atoms. The molecule has 2 aliphatic rings. The Morgan fingerprint density at radius 3 is 2.76 bits per heavy atom. The summed E-state index contributed by atoms with van der Waals surface area (Å²) in [6.45, 7) is 2.66. The predicted molar refractivity (Wildman–Crippen MR) is 66.7 cm³/mol. The lowest BCUT2D eigenvalue weighted by atomic mass is 9.64. The standard InChI is InChI=1S/C15H20O2/c1-2-5-13(6-3-1)11-17-14-9-15(10-14)7-4-8-16-12-15/h1-3,5-6,14H,4,7-12H2. The van der Waals surface area contributed by atoms with Gasteiger partial charge >= 0.3 is 0 Å². The Bertz CT molecular complexity index is 346. The van der Waals surface area contributed by atoms with Crippen molar-refractivity contribution in [2.45, 2.75) is 38.4 Å². The van der Waals surface area contributed by atoms with Gasteiger partial charge in [-0.2, -0.15) is 0 Å². The van der Waals surface area contributed by atoms with Crippen molar-refractivity contribution in [2.24, 2.45) is 5.41 Å². The maximum absolute atomic E-state index is 5.94. The van der Waals surface area contributed by atoms with Crippen LogP contribution in [-0.2, 0) is 16.1 Å². The SMILES string of the molecule is c1ccc(COC2CC3(CCCOC3)C2)cc1. The zero-order valence-corrected chi connectivity index (χ0v) is 10.2. The Morgan fingerprint density at radius 1 is 1.24 bits per heavy atom. The molecule has 0 bridgehead atoms. The first-order chi connectivity index (χ1) is 8.36. The molecule has 2 heteroatoms. The first-order valence-electron chi connectivity index (χ1n) is 6.60. The first kappa shape index (κ1) is 11.2. The van der Waals surface area contributed by atoms with E-state index in [-0.39, 0.29) is 0 Å². The second-order valence-electron chi connectivity index (χ2n) is 5.48. The maximum atomic E-state index is 5.94. The summed E-state index contributed by atoms with van der Waals surface area (Å²) in [6.07, 6.45) is 5.40. The van der Waals surface area contributed by atoms with E-state index in [1.54, 1.807) is 0 Å². The molecular weight excluding hydrogens is 212 g/mol. The van der Waals surface area contributed by atoms with Gasteiger partial charge in [0.15, 0.2) is 0 Å². The molecule has 0 radical (unpaired) electrons. The monoisotopic (exact) mass is 232 g/mol. The molecule has 0 amide bonds. The second kappa shape index (κ2) is 4.79. The van der Waals surface area contributed by atoms with E-state index in [9.17, 15) is 0 Å². The van der Waals surface area contributed by atoms with Crippen molar-refractivity contribution in [2.75, 3.05) is 13.2 Å². The van der Waals surface area contributed by atoms with Crippen LogP contribution >= 0.6 is 0 Å². The minimum absolute atomic E-state index is 0.455. The fourth-order valence-corrected chi connectivity index (χ4v) is 3.04. The lowest BCUT2D eigenvalue weighted by Gasteiger charge is -2.49. The summed E-state index contributed by atoms with van der Waals surface area (Å²) in [5, 5.41) is 0. The van der Waals surface area contributed by atoms with Gasteiger partial charge in [0.25, 0.3) is 0 Å². The normalized spacial score (nSPS) is 32.4. The molecule has 1 heterocycles. The third-order valence-electron chi connectivity index (χ3n) is 4.05. The third-order valence-corrected chi connectivity index (χ3v) is 4.05. The summed E-state index contributed by atoms with van der Waals surface area (Å²) in [7, 11) is 0. The lowest BCUT2D eigenvalue weighted by molar-refractivity contribution is -0.141. The van der Waals surface area contributed by atoms with Gasteiger partial charge in [0.05, 0.1) is 19.3 Å². The minimum atomic E-state index is 0.455. The quantitative estimate of drug-likeness (QED) is 0.797. The van der Waals surface area contributed by atoms with Crippen LogP contribution in [0.1, 0.15) is 31.2 Å². The van der Waals surface area contributed by atoms with Gasteiger partial charge in [0.2, 0.25) is 0 Å². The molecule has 2 fully saturated rings. The zero-order valence-electron chi connectivity index (χ0n) is 10.2. The molecule has 92 valence electrons. The van der Waals surface area contributed by atoms with Crippen LogP contribution in [0.4, 0.5) is 0 Å². The van der Waals surface area contributed by atoms with E-state index in [0.717, 1.165) is 19.8 Å². The molecule has 1 saturated carbocycles. The van der Waals surface area contributed by atoms with E-state index in [1.165, 1.54) is 31.2 Å². The van der Waals surface area contributed by atoms with Crippen molar-refractivity contribution in [3.63, 3.8) is 0 Å². The highest BCUT2D eigenvalue weighted by Gasteiger charge is 2.45. The van der Waals surface area contributed by atoms with E-state index >= 15 is 0 Å². The summed E-state index contributed by atoms with van der Waals surface area (Å²) in [5.74, 6) is 0. The van der Waals surface area contributed by atoms with Gasteiger partial charge in [-0.25, -0.2) is 0 Å². The van der Waals surface area contributed by atoms with Crippen molar-refractivity contribution in [1.82, 2.24) is 0 Å². The van der Waals surface area contributed by atoms with Gasteiger partial charge in [-0.3, -0.25) is 0 Å². The Morgan fingerprint density at radius 2 is 2.06 bits per heavy atom. The fraction of sp³-hybridized carbons (Fsp3) is 0.600. The average molecular weight is 232 g/mol. The van der Waals surface area contributed by atoms with Crippen molar-refractivity contribution >= 4 is 0 Å². The van der Waals surface area contributed by atoms with Gasteiger partial charge in [0, 0.05) is 6.61 Å².